The topological polar surface area (TPSA) is 70.2 Å². The molecule has 0 spiro atoms. The van der Waals surface area contributed by atoms with Gasteiger partial charge in [-0.15, -0.1) is 0 Å². The Labute approximate surface area is 113 Å². The first kappa shape index (κ1) is 13.9. The molecule has 1 saturated heterocycles. The van der Waals surface area contributed by atoms with Crippen molar-refractivity contribution < 1.29 is 9.53 Å². The largest absolute Gasteiger partial charge is 0.444 e. The van der Waals surface area contributed by atoms with E-state index in [1.807, 2.05) is 26.8 Å². The van der Waals surface area contributed by atoms with E-state index in [9.17, 15) is 4.79 Å². The second kappa shape index (κ2) is 5.21. The summed E-state index contributed by atoms with van der Waals surface area (Å²) >= 11 is 0. The van der Waals surface area contributed by atoms with Crippen molar-refractivity contribution in [3.63, 3.8) is 0 Å². The number of H-pyrrole nitrogens is 1. The Balaban J connectivity index is 1.73. The normalized spacial score (nSPS) is 18.0. The molecule has 2 rings (SSSR count). The highest BCUT2D eigenvalue weighted by atomic mass is 16.6. The summed E-state index contributed by atoms with van der Waals surface area (Å²) in [4.78, 5) is 13.5. The van der Waals surface area contributed by atoms with Gasteiger partial charge in [-0.25, -0.2) is 4.79 Å². The number of hydrogen-bond acceptors (Lipinski definition) is 4. The SMILES string of the molecule is CC(NC1CN(C(=O)OC(C)(C)C)C1)c1ccn[nH]1. The van der Waals surface area contributed by atoms with Gasteiger partial charge in [-0.1, -0.05) is 0 Å². The lowest BCUT2D eigenvalue weighted by molar-refractivity contribution is 0.00429. The average Bonchev–Trinajstić information content (AvgIpc) is 2.72. The van der Waals surface area contributed by atoms with Crippen LogP contribution in [0, 0.1) is 0 Å². The van der Waals surface area contributed by atoms with Gasteiger partial charge in [0.1, 0.15) is 5.60 Å². The number of nitrogens with one attached hydrogen (secondary N) is 2. The van der Waals surface area contributed by atoms with Crippen molar-refractivity contribution >= 4 is 6.09 Å². The summed E-state index contributed by atoms with van der Waals surface area (Å²) in [5.74, 6) is 0. The summed E-state index contributed by atoms with van der Waals surface area (Å²) in [7, 11) is 0. The van der Waals surface area contributed by atoms with Crippen LogP contribution in [0.1, 0.15) is 39.4 Å². The maximum atomic E-state index is 11.8. The zero-order valence-electron chi connectivity index (χ0n) is 11.9. The molecule has 1 aromatic heterocycles. The van der Waals surface area contributed by atoms with Gasteiger partial charge in [-0.3, -0.25) is 5.10 Å². The van der Waals surface area contributed by atoms with Gasteiger partial charge in [-0.05, 0) is 33.8 Å². The molecule has 0 bridgehead atoms. The van der Waals surface area contributed by atoms with Gasteiger partial charge in [-0.2, -0.15) is 5.10 Å². The molecule has 1 aliphatic heterocycles. The lowest BCUT2D eigenvalue weighted by atomic mass is 10.1. The van der Waals surface area contributed by atoms with Crippen molar-refractivity contribution in [2.45, 2.75) is 45.4 Å². The third-order valence-electron chi connectivity index (χ3n) is 3.01. The molecule has 6 heteroatoms. The van der Waals surface area contributed by atoms with Crippen LogP contribution >= 0.6 is 0 Å². The maximum absolute atomic E-state index is 11.8. The Kier molecular flexibility index (Phi) is 3.80. The molecule has 0 saturated carbocycles. The predicted molar refractivity (Wildman–Crippen MR) is 71.7 cm³/mol. The van der Waals surface area contributed by atoms with Gasteiger partial charge in [0.2, 0.25) is 0 Å². The Morgan fingerprint density at radius 3 is 2.79 bits per heavy atom. The molecule has 19 heavy (non-hydrogen) atoms. The molecule has 2 heterocycles. The van der Waals surface area contributed by atoms with Crippen molar-refractivity contribution in [3.8, 4) is 0 Å². The third-order valence-corrected chi connectivity index (χ3v) is 3.01. The highest BCUT2D eigenvalue weighted by Crippen LogP contribution is 2.17. The summed E-state index contributed by atoms with van der Waals surface area (Å²) < 4.78 is 5.31. The molecule has 106 valence electrons. The van der Waals surface area contributed by atoms with Gasteiger partial charge < -0.3 is 15.0 Å². The highest BCUT2D eigenvalue weighted by Gasteiger charge is 2.34. The number of nitrogens with zero attached hydrogens (tertiary/aromatic N) is 2. The Morgan fingerprint density at radius 2 is 2.26 bits per heavy atom. The first-order chi connectivity index (χ1) is 8.85. The van der Waals surface area contributed by atoms with E-state index in [-0.39, 0.29) is 12.1 Å². The van der Waals surface area contributed by atoms with Crippen LogP contribution in [-0.2, 0) is 4.74 Å². The maximum Gasteiger partial charge on any atom is 0.410 e. The van der Waals surface area contributed by atoms with Gasteiger partial charge in [0, 0.05) is 31.4 Å². The molecule has 1 aromatic rings. The number of carbonyl (C=O) groups is 1. The van der Waals surface area contributed by atoms with Gasteiger partial charge in [0.25, 0.3) is 0 Å². The molecule has 0 aromatic carbocycles. The van der Waals surface area contributed by atoms with Crippen molar-refractivity contribution in [3.05, 3.63) is 18.0 Å². The summed E-state index contributed by atoms with van der Waals surface area (Å²) in [6.45, 7) is 9.08. The molecule has 1 unspecified atom stereocenters. The standard InChI is InChI=1S/C13H22N4O2/c1-9(11-5-6-14-16-11)15-10-7-17(8-10)12(18)19-13(2,3)4/h5-6,9-10,15H,7-8H2,1-4H3,(H,14,16). The van der Waals surface area contributed by atoms with Crippen molar-refractivity contribution in [1.29, 1.82) is 0 Å². The molecule has 0 aliphatic carbocycles. The minimum atomic E-state index is -0.432. The molecular weight excluding hydrogens is 244 g/mol. The minimum Gasteiger partial charge on any atom is -0.444 e. The second-order valence-corrected chi connectivity index (χ2v) is 5.98. The number of aromatic nitrogens is 2. The molecule has 0 radical (unpaired) electrons. The van der Waals surface area contributed by atoms with Crippen molar-refractivity contribution in [2.75, 3.05) is 13.1 Å². The average molecular weight is 266 g/mol. The van der Waals surface area contributed by atoms with E-state index in [0.717, 1.165) is 5.69 Å². The molecular formula is C13H22N4O2. The van der Waals surface area contributed by atoms with Crippen LogP contribution in [0.3, 0.4) is 0 Å². The zero-order chi connectivity index (χ0) is 14.0. The number of rotatable bonds is 3. The van der Waals surface area contributed by atoms with Crippen LogP contribution in [0.25, 0.3) is 0 Å². The van der Waals surface area contributed by atoms with Crippen LogP contribution in [0.2, 0.25) is 0 Å². The Hall–Kier alpha value is -1.56. The molecule has 6 nitrogen and oxygen atoms in total. The minimum absolute atomic E-state index is 0.202. The monoisotopic (exact) mass is 266 g/mol. The number of hydrogen-bond donors (Lipinski definition) is 2. The third kappa shape index (κ3) is 3.70. The fourth-order valence-electron chi connectivity index (χ4n) is 2.01. The number of ether oxygens (including phenoxy) is 1. The molecule has 1 atom stereocenters. The summed E-state index contributed by atoms with van der Waals surface area (Å²) in [6, 6.07) is 2.46. The zero-order valence-corrected chi connectivity index (χ0v) is 11.9. The summed E-state index contributed by atoms with van der Waals surface area (Å²) in [5, 5.41) is 10.3. The number of likely N-dealkylation sites (tertiary alicyclic amines) is 1. The van der Waals surface area contributed by atoms with Crippen LogP contribution in [0.15, 0.2) is 12.3 Å². The summed E-state index contributed by atoms with van der Waals surface area (Å²) in [5.41, 5.74) is 0.620. The van der Waals surface area contributed by atoms with E-state index in [1.54, 1.807) is 11.1 Å². The fraction of sp³-hybridized carbons (Fsp3) is 0.692. The highest BCUT2D eigenvalue weighted by molar-refractivity contribution is 5.69. The van der Waals surface area contributed by atoms with Crippen LogP contribution in [0.5, 0.6) is 0 Å². The first-order valence-corrected chi connectivity index (χ1v) is 6.58. The number of amides is 1. The first-order valence-electron chi connectivity index (χ1n) is 6.58. The number of carbonyl (C=O) groups excluding carboxylic acids is 1. The number of aromatic amines is 1. The predicted octanol–water partition coefficient (Wildman–Crippen LogP) is 1.68. The lowest BCUT2D eigenvalue weighted by Crippen LogP contribution is -2.60. The molecule has 1 aliphatic rings. The van der Waals surface area contributed by atoms with Gasteiger partial charge in [0.05, 0.1) is 5.69 Å². The van der Waals surface area contributed by atoms with Crippen LogP contribution in [0.4, 0.5) is 4.79 Å². The van der Waals surface area contributed by atoms with Gasteiger partial charge >= 0.3 is 6.09 Å². The Bertz CT molecular complexity index is 418. The molecule has 2 N–H and O–H groups in total. The molecule has 1 fully saturated rings. The van der Waals surface area contributed by atoms with E-state index in [1.165, 1.54) is 0 Å². The Morgan fingerprint density at radius 1 is 1.58 bits per heavy atom. The van der Waals surface area contributed by atoms with Gasteiger partial charge in [0.15, 0.2) is 0 Å². The van der Waals surface area contributed by atoms with E-state index in [0.29, 0.717) is 19.1 Å². The quantitative estimate of drug-likeness (QED) is 0.873. The van der Waals surface area contributed by atoms with Crippen LogP contribution in [-0.4, -0.2) is 45.9 Å². The summed E-state index contributed by atoms with van der Waals surface area (Å²) in [6.07, 6.45) is 1.50. The van der Waals surface area contributed by atoms with E-state index < -0.39 is 5.60 Å². The van der Waals surface area contributed by atoms with E-state index in [2.05, 4.69) is 22.4 Å². The van der Waals surface area contributed by atoms with E-state index >= 15 is 0 Å². The smallest absolute Gasteiger partial charge is 0.410 e. The molecule has 1 amide bonds. The van der Waals surface area contributed by atoms with Crippen molar-refractivity contribution in [2.24, 2.45) is 0 Å². The lowest BCUT2D eigenvalue weighted by Gasteiger charge is -2.41. The van der Waals surface area contributed by atoms with Crippen molar-refractivity contribution in [1.82, 2.24) is 20.4 Å². The second-order valence-electron chi connectivity index (χ2n) is 5.98. The fourth-order valence-corrected chi connectivity index (χ4v) is 2.01. The van der Waals surface area contributed by atoms with E-state index in [4.69, 9.17) is 4.74 Å². The van der Waals surface area contributed by atoms with Crippen LogP contribution < -0.4 is 5.32 Å².